The summed E-state index contributed by atoms with van der Waals surface area (Å²) in [5, 5.41) is 0. The Labute approximate surface area is 105 Å². The summed E-state index contributed by atoms with van der Waals surface area (Å²) in [6, 6.07) is 8.92. The van der Waals surface area contributed by atoms with E-state index in [0.717, 1.165) is 12.3 Å². The van der Waals surface area contributed by atoms with Crippen LogP contribution < -0.4 is 5.73 Å². The summed E-state index contributed by atoms with van der Waals surface area (Å²) in [6.07, 6.45) is 9.30. The SMILES string of the molecule is CCc1ccccc1C(N)CC1CCCCC1. The van der Waals surface area contributed by atoms with E-state index in [1.54, 1.807) is 0 Å². The molecule has 2 N–H and O–H groups in total. The van der Waals surface area contributed by atoms with Gasteiger partial charge in [-0.05, 0) is 29.9 Å². The molecule has 1 aromatic carbocycles. The summed E-state index contributed by atoms with van der Waals surface area (Å²) < 4.78 is 0. The first-order chi connectivity index (χ1) is 8.31. The molecule has 94 valence electrons. The molecule has 0 heterocycles. The van der Waals surface area contributed by atoms with Crippen LogP contribution in [-0.2, 0) is 6.42 Å². The average Bonchev–Trinajstić information content (AvgIpc) is 2.40. The van der Waals surface area contributed by atoms with Crippen molar-refractivity contribution in [1.82, 2.24) is 0 Å². The predicted octanol–water partition coefficient (Wildman–Crippen LogP) is 4.22. The molecule has 2 rings (SSSR count). The number of rotatable bonds is 4. The van der Waals surface area contributed by atoms with Crippen LogP contribution in [0, 0.1) is 5.92 Å². The largest absolute Gasteiger partial charge is 0.324 e. The van der Waals surface area contributed by atoms with Gasteiger partial charge in [0.25, 0.3) is 0 Å². The molecule has 1 unspecified atom stereocenters. The third-order valence-electron chi connectivity index (χ3n) is 4.15. The van der Waals surface area contributed by atoms with Crippen molar-refractivity contribution in [3.63, 3.8) is 0 Å². The minimum absolute atomic E-state index is 0.245. The molecule has 0 amide bonds. The minimum Gasteiger partial charge on any atom is -0.324 e. The van der Waals surface area contributed by atoms with Crippen LogP contribution in [0.4, 0.5) is 0 Å². The monoisotopic (exact) mass is 231 g/mol. The second kappa shape index (κ2) is 6.20. The molecule has 1 aromatic rings. The summed E-state index contributed by atoms with van der Waals surface area (Å²) in [4.78, 5) is 0. The van der Waals surface area contributed by atoms with Gasteiger partial charge in [-0.1, -0.05) is 63.3 Å². The van der Waals surface area contributed by atoms with Gasteiger partial charge >= 0.3 is 0 Å². The first kappa shape index (κ1) is 12.6. The summed E-state index contributed by atoms with van der Waals surface area (Å²) >= 11 is 0. The molecule has 0 bridgehead atoms. The highest BCUT2D eigenvalue weighted by atomic mass is 14.6. The van der Waals surface area contributed by atoms with Crippen LogP contribution in [0.15, 0.2) is 24.3 Å². The van der Waals surface area contributed by atoms with E-state index in [0.29, 0.717) is 0 Å². The topological polar surface area (TPSA) is 26.0 Å². The summed E-state index contributed by atoms with van der Waals surface area (Å²) in [6.45, 7) is 2.21. The molecule has 1 aliphatic carbocycles. The zero-order valence-corrected chi connectivity index (χ0v) is 11.0. The molecule has 0 aliphatic heterocycles. The maximum atomic E-state index is 6.40. The molecular formula is C16H25N. The van der Waals surface area contributed by atoms with Gasteiger partial charge in [0.15, 0.2) is 0 Å². The molecule has 1 aliphatic rings. The van der Waals surface area contributed by atoms with Crippen LogP contribution >= 0.6 is 0 Å². The number of aryl methyl sites for hydroxylation is 1. The van der Waals surface area contributed by atoms with Gasteiger partial charge < -0.3 is 5.73 Å². The molecular weight excluding hydrogens is 206 g/mol. The van der Waals surface area contributed by atoms with E-state index in [1.807, 2.05) is 0 Å². The van der Waals surface area contributed by atoms with Gasteiger partial charge in [-0.2, -0.15) is 0 Å². The minimum atomic E-state index is 0.245. The van der Waals surface area contributed by atoms with Crippen molar-refractivity contribution >= 4 is 0 Å². The van der Waals surface area contributed by atoms with E-state index < -0.39 is 0 Å². The van der Waals surface area contributed by atoms with E-state index in [4.69, 9.17) is 5.73 Å². The van der Waals surface area contributed by atoms with Gasteiger partial charge in [0.2, 0.25) is 0 Å². The predicted molar refractivity (Wildman–Crippen MR) is 73.9 cm³/mol. The van der Waals surface area contributed by atoms with Crippen molar-refractivity contribution < 1.29 is 0 Å². The van der Waals surface area contributed by atoms with Crippen LogP contribution in [0.5, 0.6) is 0 Å². The number of nitrogens with two attached hydrogens (primary N) is 1. The van der Waals surface area contributed by atoms with Crippen molar-refractivity contribution in [2.45, 2.75) is 57.9 Å². The summed E-state index contributed by atoms with van der Waals surface area (Å²) in [5.41, 5.74) is 9.20. The lowest BCUT2D eigenvalue weighted by Crippen LogP contribution is -2.18. The Kier molecular flexibility index (Phi) is 4.61. The third-order valence-corrected chi connectivity index (χ3v) is 4.15. The molecule has 0 spiro atoms. The van der Waals surface area contributed by atoms with Crippen molar-refractivity contribution in [3.8, 4) is 0 Å². The molecule has 1 nitrogen and oxygen atoms in total. The summed E-state index contributed by atoms with van der Waals surface area (Å²) in [5.74, 6) is 0.865. The highest BCUT2D eigenvalue weighted by molar-refractivity contribution is 5.29. The lowest BCUT2D eigenvalue weighted by Gasteiger charge is -2.25. The van der Waals surface area contributed by atoms with Crippen molar-refractivity contribution in [1.29, 1.82) is 0 Å². The zero-order chi connectivity index (χ0) is 12.1. The molecule has 1 fully saturated rings. The quantitative estimate of drug-likeness (QED) is 0.825. The molecule has 0 aromatic heterocycles. The van der Waals surface area contributed by atoms with Gasteiger partial charge in [-0.3, -0.25) is 0 Å². The third kappa shape index (κ3) is 3.32. The molecule has 17 heavy (non-hydrogen) atoms. The van der Waals surface area contributed by atoms with Gasteiger partial charge in [-0.25, -0.2) is 0 Å². The fourth-order valence-corrected chi connectivity index (χ4v) is 3.13. The fraction of sp³-hybridized carbons (Fsp3) is 0.625. The van der Waals surface area contributed by atoms with E-state index in [9.17, 15) is 0 Å². The van der Waals surface area contributed by atoms with Crippen LogP contribution in [0.25, 0.3) is 0 Å². The summed E-state index contributed by atoms with van der Waals surface area (Å²) in [7, 11) is 0. The Morgan fingerprint density at radius 3 is 2.59 bits per heavy atom. The lowest BCUT2D eigenvalue weighted by molar-refractivity contribution is 0.319. The Bertz CT molecular complexity index is 339. The van der Waals surface area contributed by atoms with E-state index in [1.165, 1.54) is 49.7 Å². The maximum absolute atomic E-state index is 6.40. The van der Waals surface area contributed by atoms with E-state index in [-0.39, 0.29) is 6.04 Å². The average molecular weight is 231 g/mol. The van der Waals surface area contributed by atoms with E-state index in [2.05, 4.69) is 31.2 Å². The van der Waals surface area contributed by atoms with Gasteiger partial charge in [0.1, 0.15) is 0 Å². The number of hydrogen-bond donors (Lipinski definition) is 1. The first-order valence-corrected chi connectivity index (χ1v) is 7.14. The Morgan fingerprint density at radius 2 is 1.88 bits per heavy atom. The van der Waals surface area contributed by atoms with Crippen LogP contribution in [-0.4, -0.2) is 0 Å². The molecule has 0 saturated heterocycles. The lowest BCUT2D eigenvalue weighted by atomic mass is 9.83. The van der Waals surface area contributed by atoms with Crippen molar-refractivity contribution in [2.75, 3.05) is 0 Å². The molecule has 1 atom stereocenters. The second-order valence-electron chi connectivity index (χ2n) is 5.40. The Balaban J connectivity index is 2.00. The maximum Gasteiger partial charge on any atom is 0.0300 e. The van der Waals surface area contributed by atoms with Gasteiger partial charge in [0, 0.05) is 6.04 Å². The number of benzene rings is 1. The second-order valence-corrected chi connectivity index (χ2v) is 5.40. The highest BCUT2D eigenvalue weighted by Crippen LogP contribution is 2.31. The normalized spacial score (nSPS) is 19.2. The highest BCUT2D eigenvalue weighted by Gasteiger charge is 2.18. The van der Waals surface area contributed by atoms with Crippen molar-refractivity contribution in [3.05, 3.63) is 35.4 Å². The first-order valence-electron chi connectivity index (χ1n) is 7.14. The zero-order valence-electron chi connectivity index (χ0n) is 11.0. The Morgan fingerprint density at radius 1 is 1.18 bits per heavy atom. The van der Waals surface area contributed by atoms with Gasteiger partial charge in [-0.15, -0.1) is 0 Å². The standard InChI is InChI=1S/C16H25N/c1-2-14-10-6-7-11-15(14)16(17)12-13-8-4-3-5-9-13/h6-7,10-11,13,16H,2-5,8-9,12,17H2,1H3. The van der Waals surface area contributed by atoms with Crippen LogP contribution in [0.2, 0.25) is 0 Å². The fourth-order valence-electron chi connectivity index (χ4n) is 3.13. The van der Waals surface area contributed by atoms with Crippen LogP contribution in [0.3, 0.4) is 0 Å². The molecule has 1 heteroatoms. The van der Waals surface area contributed by atoms with E-state index >= 15 is 0 Å². The smallest absolute Gasteiger partial charge is 0.0300 e. The van der Waals surface area contributed by atoms with Crippen LogP contribution in [0.1, 0.15) is 62.6 Å². The Hall–Kier alpha value is -0.820. The molecule has 1 saturated carbocycles. The van der Waals surface area contributed by atoms with Crippen molar-refractivity contribution in [2.24, 2.45) is 11.7 Å². The van der Waals surface area contributed by atoms with Gasteiger partial charge in [0.05, 0.1) is 0 Å². The number of hydrogen-bond acceptors (Lipinski definition) is 1. The molecule has 0 radical (unpaired) electrons.